The Labute approximate surface area is 147 Å². The van der Waals surface area contributed by atoms with E-state index in [1.165, 1.54) is 0 Å². The number of rotatable bonds is 11. The highest BCUT2D eigenvalue weighted by Crippen LogP contribution is 2.17. The van der Waals surface area contributed by atoms with Crippen LogP contribution < -0.4 is 5.32 Å². The third kappa shape index (κ3) is 6.93. The van der Waals surface area contributed by atoms with E-state index in [9.17, 15) is 19.6 Å². The summed E-state index contributed by atoms with van der Waals surface area (Å²) in [6.45, 7) is 3.75. The maximum Gasteiger partial charge on any atom is 0.333 e. The van der Waals surface area contributed by atoms with Gasteiger partial charge in [-0.2, -0.15) is 0 Å². The van der Waals surface area contributed by atoms with Gasteiger partial charge in [-0.05, 0) is 18.9 Å². The van der Waals surface area contributed by atoms with Crippen LogP contribution in [0.2, 0.25) is 0 Å². The molecule has 0 aliphatic carbocycles. The van der Waals surface area contributed by atoms with Crippen LogP contribution in [-0.4, -0.2) is 41.7 Å². The minimum Gasteiger partial charge on any atom is -0.464 e. The van der Waals surface area contributed by atoms with Crippen LogP contribution in [0.25, 0.3) is 0 Å². The molecule has 25 heavy (non-hydrogen) atoms. The maximum absolute atomic E-state index is 12.6. The van der Waals surface area contributed by atoms with Gasteiger partial charge in [-0.1, -0.05) is 50.1 Å². The van der Waals surface area contributed by atoms with Crippen LogP contribution in [-0.2, 0) is 19.1 Å². The first-order valence-electron chi connectivity index (χ1n) is 8.46. The standard InChI is InChI=1S/C18H26N2O5/c1-3-5-9-15(12-20(24)13-21)17(22)19-16(18(23)25-4-2)14-10-7-6-8-11-14/h6-8,10-11,13,15-16,24H,3-5,9,12H2,1-2H3,(H,19,22). The molecule has 0 saturated carbocycles. The van der Waals surface area contributed by atoms with Gasteiger partial charge < -0.3 is 10.1 Å². The summed E-state index contributed by atoms with van der Waals surface area (Å²) in [5.74, 6) is -1.57. The molecular formula is C18H26N2O5. The summed E-state index contributed by atoms with van der Waals surface area (Å²) >= 11 is 0. The first-order valence-corrected chi connectivity index (χ1v) is 8.46. The zero-order valence-corrected chi connectivity index (χ0v) is 14.7. The van der Waals surface area contributed by atoms with Crippen LogP contribution in [0.4, 0.5) is 0 Å². The lowest BCUT2D eigenvalue weighted by Crippen LogP contribution is -2.42. The van der Waals surface area contributed by atoms with Crippen LogP contribution in [0.5, 0.6) is 0 Å². The number of esters is 1. The molecule has 1 aromatic rings. The summed E-state index contributed by atoms with van der Waals surface area (Å²) in [6, 6.07) is 7.88. The van der Waals surface area contributed by atoms with Crippen molar-refractivity contribution in [2.75, 3.05) is 13.2 Å². The van der Waals surface area contributed by atoms with Crippen molar-refractivity contribution in [3.05, 3.63) is 35.9 Å². The van der Waals surface area contributed by atoms with Crippen molar-refractivity contribution in [2.45, 2.75) is 39.2 Å². The minimum atomic E-state index is -0.929. The molecule has 2 atom stereocenters. The number of nitrogens with zero attached hydrogens (tertiary/aromatic N) is 1. The Morgan fingerprint density at radius 3 is 2.52 bits per heavy atom. The second-order valence-corrected chi connectivity index (χ2v) is 5.67. The van der Waals surface area contributed by atoms with E-state index in [2.05, 4.69) is 5.32 Å². The third-order valence-electron chi connectivity index (χ3n) is 3.75. The van der Waals surface area contributed by atoms with Gasteiger partial charge in [0.15, 0.2) is 6.04 Å². The molecule has 7 heteroatoms. The van der Waals surface area contributed by atoms with Crippen molar-refractivity contribution >= 4 is 18.3 Å². The van der Waals surface area contributed by atoms with Gasteiger partial charge >= 0.3 is 5.97 Å². The molecule has 0 spiro atoms. The van der Waals surface area contributed by atoms with Gasteiger partial charge in [-0.25, -0.2) is 9.86 Å². The Morgan fingerprint density at radius 2 is 1.96 bits per heavy atom. The van der Waals surface area contributed by atoms with E-state index >= 15 is 0 Å². The minimum absolute atomic E-state index is 0.125. The van der Waals surface area contributed by atoms with E-state index in [0.29, 0.717) is 17.0 Å². The first-order chi connectivity index (χ1) is 12.0. The van der Waals surface area contributed by atoms with Crippen molar-refractivity contribution in [3.63, 3.8) is 0 Å². The highest BCUT2D eigenvalue weighted by molar-refractivity contribution is 5.86. The van der Waals surface area contributed by atoms with Crippen molar-refractivity contribution in [1.82, 2.24) is 10.4 Å². The molecule has 0 aromatic heterocycles. The molecule has 2 unspecified atom stereocenters. The number of hydrogen-bond acceptors (Lipinski definition) is 5. The fourth-order valence-electron chi connectivity index (χ4n) is 2.43. The molecule has 0 bridgehead atoms. The van der Waals surface area contributed by atoms with Crippen LogP contribution in [0.15, 0.2) is 30.3 Å². The summed E-state index contributed by atoms with van der Waals surface area (Å²) < 4.78 is 5.05. The lowest BCUT2D eigenvalue weighted by molar-refractivity contribution is -0.156. The molecule has 0 fully saturated rings. The molecule has 0 heterocycles. The Kier molecular flexibility index (Phi) is 9.24. The van der Waals surface area contributed by atoms with E-state index in [4.69, 9.17) is 4.74 Å². The highest BCUT2D eigenvalue weighted by Gasteiger charge is 2.28. The zero-order chi connectivity index (χ0) is 18.7. The van der Waals surface area contributed by atoms with Crippen molar-refractivity contribution in [3.8, 4) is 0 Å². The summed E-state index contributed by atoms with van der Waals surface area (Å²) in [6.07, 6.45) is 2.39. The Hall–Kier alpha value is -2.41. The van der Waals surface area contributed by atoms with Gasteiger partial charge in [-0.15, -0.1) is 0 Å². The van der Waals surface area contributed by atoms with Crippen LogP contribution in [0.1, 0.15) is 44.7 Å². The number of nitrogens with one attached hydrogen (secondary N) is 1. The lowest BCUT2D eigenvalue weighted by Gasteiger charge is -2.23. The largest absolute Gasteiger partial charge is 0.464 e. The summed E-state index contributed by atoms with van der Waals surface area (Å²) in [4.78, 5) is 35.5. The number of ether oxygens (including phenoxy) is 1. The zero-order valence-electron chi connectivity index (χ0n) is 14.7. The number of carbonyl (C=O) groups is 3. The fourth-order valence-corrected chi connectivity index (χ4v) is 2.43. The van der Waals surface area contributed by atoms with E-state index < -0.39 is 23.8 Å². The topological polar surface area (TPSA) is 95.9 Å². The molecule has 2 amide bonds. The third-order valence-corrected chi connectivity index (χ3v) is 3.75. The van der Waals surface area contributed by atoms with Gasteiger partial charge in [-0.3, -0.25) is 14.8 Å². The van der Waals surface area contributed by atoms with Crippen molar-refractivity contribution in [1.29, 1.82) is 0 Å². The summed E-state index contributed by atoms with van der Waals surface area (Å²) in [7, 11) is 0. The summed E-state index contributed by atoms with van der Waals surface area (Å²) in [5, 5.41) is 12.6. The normalized spacial score (nSPS) is 12.8. The average molecular weight is 350 g/mol. The number of hydrogen-bond donors (Lipinski definition) is 2. The number of unbranched alkanes of at least 4 members (excludes halogenated alkanes) is 1. The van der Waals surface area contributed by atoms with Crippen molar-refractivity contribution in [2.24, 2.45) is 5.92 Å². The molecule has 2 N–H and O–H groups in total. The molecule has 0 radical (unpaired) electrons. The first kappa shape index (κ1) is 20.6. The van der Waals surface area contributed by atoms with Gasteiger partial charge in [0.05, 0.1) is 19.1 Å². The second kappa shape index (κ2) is 11.2. The van der Waals surface area contributed by atoms with Crippen LogP contribution in [0.3, 0.4) is 0 Å². The van der Waals surface area contributed by atoms with Gasteiger partial charge in [0, 0.05) is 0 Å². The predicted molar refractivity (Wildman–Crippen MR) is 91.5 cm³/mol. The van der Waals surface area contributed by atoms with Crippen LogP contribution in [0, 0.1) is 5.92 Å². The van der Waals surface area contributed by atoms with Gasteiger partial charge in [0.25, 0.3) is 0 Å². The Morgan fingerprint density at radius 1 is 1.28 bits per heavy atom. The van der Waals surface area contributed by atoms with E-state index in [1.807, 2.05) is 13.0 Å². The quantitative estimate of drug-likeness (QED) is 0.276. The molecule has 0 aliphatic rings. The molecular weight excluding hydrogens is 324 g/mol. The molecule has 7 nitrogen and oxygen atoms in total. The molecule has 1 rings (SSSR count). The second-order valence-electron chi connectivity index (χ2n) is 5.67. The Balaban J connectivity index is 2.92. The predicted octanol–water partition coefficient (Wildman–Crippen LogP) is 2.06. The maximum atomic E-state index is 12.6. The number of amides is 2. The molecule has 0 saturated heterocycles. The smallest absolute Gasteiger partial charge is 0.333 e. The average Bonchev–Trinajstić information content (AvgIpc) is 2.63. The molecule has 0 aliphatic heterocycles. The highest BCUT2D eigenvalue weighted by atomic mass is 16.5. The van der Waals surface area contributed by atoms with Crippen LogP contribution >= 0.6 is 0 Å². The van der Waals surface area contributed by atoms with E-state index in [1.54, 1.807) is 31.2 Å². The molecule has 1 aromatic carbocycles. The van der Waals surface area contributed by atoms with Crippen molar-refractivity contribution < 1.29 is 24.3 Å². The SMILES string of the molecule is CCCCC(CN(O)C=O)C(=O)NC(C(=O)OCC)c1ccccc1. The fraction of sp³-hybridized carbons (Fsp3) is 0.500. The monoisotopic (exact) mass is 350 g/mol. The van der Waals surface area contributed by atoms with E-state index in [-0.39, 0.29) is 19.6 Å². The number of hydroxylamine groups is 2. The lowest BCUT2D eigenvalue weighted by atomic mass is 9.99. The van der Waals surface area contributed by atoms with E-state index in [0.717, 1.165) is 12.8 Å². The number of benzene rings is 1. The van der Waals surface area contributed by atoms with Gasteiger partial charge in [0.2, 0.25) is 12.3 Å². The molecule has 138 valence electrons. The number of carbonyl (C=O) groups excluding carboxylic acids is 3. The summed E-state index contributed by atoms with van der Waals surface area (Å²) in [5.41, 5.74) is 0.611. The Bertz CT molecular complexity index is 550. The van der Waals surface area contributed by atoms with Gasteiger partial charge in [0.1, 0.15) is 0 Å².